The predicted octanol–water partition coefficient (Wildman–Crippen LogP) is 12.4. The molecule has 0 aliphatic carbocycles. The van der Waals surface area contributed by atoms with Gasteiger partial charge in [0.2, 0.25) is 0 Å². The summed E-state index contributed by atoms with van der Waals surface area (Å²) in [7, 11) is -3.89. The van der Waals surface area contributed by atoms with Crippen molar-refractivity contribution in [2.45, 2.75) is 149 Å². The number of para-hydroxylation sites is 2. The van der Waals surface area contributed by atoms with E-state index in [1.165, 1.54) is 89.9 Å². The van der Waals surface area contributed by atoms with Crippen LogP contribution in [0.4, 0.5) is 0 Å². The summed E-state index contributed by atoms with van der Waals surface area (Å²) in [6, 6.07) is 15.9. The molecule has 0 saturated carbocycles. The van der Waals surface area contributed by atoms with Crippen molar-refractivity contribution in [2.24, 2.45) is 0 Å². The highest BCUT2D eigenvalue weighted by Gasteiger charge is 2.32. The van der Waals surface area contributed by atoms with Gasteiger partial charge in [-0.25, -0.2) is 4.57 Å². The van der Waals surface area contributed by atoms with Gasteiger partial charge in [0.25, 0.3) is 0 Å². The van der Waals surface area contributed by atoms with E-state index in [0.29, 0.717) is 18.1 Å². The zero-order valence-electron chi connectivity index (χ0n) is 26.5. The third-order valence-electron chi connectivity index (χ3n) is 7.71. The quantitative estimate of drug-likeness (QED) is 0.0812. The van der Waals surface area contributed by atoms with Gasteiger partial charge in [0.05, 0.1) is 6.61 Å². The Morgan fingerprint density at radius 3 is 1.29 bits per heavy atom. The van der Waals surface area contributed by atoms with Crippen molar-refractivity contribution in [1.82, 2.24) is 0 Å². The Morgan fingerprint density at radius 1 is 0.488 bits per heavy atom. The number of benzene rings is 2. The van der Waals surface area contributed by atoms with E-state index in [2.05, 4.69) is 32.9 Å². The molecule has 0 heterocycles. The van der Waals surface area contributed by atoms with Crippen molar-refractivity contribution in [3.8, 4) is 11.5 Å². The Labute approximate surface area is 252 Å². The van der Waals surface area contributed by atoms with E-state index < -0.39 is 7.82 Å². The first-order chi connectivity index (χ1) is 20.1. The maximum absolute atomic E-state index is 14.2. The number of hydrogen-bond acceptors (Lipinski definition) is 4. The summed E-state index contributed by atoms with van der Waals surface area (Å²) < 4.78 is 32.7. The minimum absolute atomic E-state index is 0.364. The summed E-state index contributed by atoms with van der Waals surface area (Å²) >= 11 is 0. The Morgan fingerprint density at radius 2 is 0.854 bits per heavy atom. The van der Waals surface area contributed by atoms with E-state index in [4.69, 9.17) is 13.6 Å². The van der Waals surface area contributed by atoms with Crippen LogP contribution in [-0.4, -0.2) is 6.61 Å². The summed E-state index contributed by atoms with van der Waals surface area (Å²) in [5.74, 6) is 1.22. The highest BCUT2D eigenvalue weighted by atomic mass is 31.2. The van der Waals surface area contributed by atoms with Crippen LogP contribution in [0.3, 0.4) is 0 Å². The number of rotatable bonds is 26. The van der Waals surface area contributed by atoms with E-state index in [1.54, 1.807) is 0 Å². The van der Waals surface area contributed by atoms with Gasteiger partial charge < -0.3 is 9.05 Å². The molecule has 232 valence electrons. The second-order valence-corrected chi connectivity index (χ2v) is 13.0. The molecule has 0 unspecified atom stereocenters. The van der Waals surface area contributed by atoms with Gasteiger partial charge in [-0.1, -0.05) is 153 Å². The van der Waals surface area contributed by atoms with Gasteiger partial charge in [-0.3, -0.25) is 4.52 Å². The molecule has 0 radical (unpaired) electrons. The molecule has 0 spiro atoms. The van der Waals surface area contributed by atoms with Crippen molar-refractivity contribution in [2.75, 3.05) is 6.61 Å². The first-order valence-electron chi connectivity index (χ1n) is 16.9. The average molecular weight is 587 g/mol. The molecule has 2 aromatic rings. The van der Waals surface area contributed by atoms with Gasteiger partial charge in [0.1, 0.15) is 11.5 Å². The van der Waals surface area contributed by atoms with Gasteiger partial charge in [0, 0.05) is 0 Å². The second-order valence-electron chi connectivity index (χ2n) is 11.5. The number of phosphoric acid groups is 1. The van der Waals surface area contributed by atoms with Gasteiger partial charge in [0.15, 0.2) is 0 Å². The molecule has 0 fully saturated rings. The molecule has 0 bridgehead atoms. The van der Waals surface area contributed by atoms with Gasteiger partial charge >= 0.3 is 7.82 Å². The standard InChI is InChI=1S/C36H59O4P/c1-4-7-10-13-16-19-26-33-28-21-23-30-35(33)39-41(37,38-32-25-18-15-12-9-6-3)40-36-31-24-22-29-34(36)27-20-17-14-11-8-5-2/h21-24,28-31H,4-20,25-27,32H2,1-3H3. The average Bonchev–Trinajstić information content (AvgIpc) is 2.98. The first kappa shape index (κ1) is 35.4. The summed E-state index contributed by atoms with van der Waals surface area (Å²) in [6.45, 7) is 7.08. The molecule has 0 saturated heterocycles. The summed E-state index contributed by atoms with van der Waals surface area (Å²) in [5.41, 5.74) is 2.13. The smallest absolute Gasteiger partial charge is 0.395 e. The van der Waals surface area contributed by atoms with Crippen LogP contribution in [0.2, 0.25) is 0 Å². The number of unbranched alkanes of at least 4 members (excludes halogenated alkanes) is 15. The topological polar surface area (TPSA) is 44.8 Å². The third kappa shape index (κ3) is 15.9. The Hall–Kier alpha value is -1.77. The lowest BCUT2D eigenvalue weighted by Gasteiger charge is -2.22. The van der Waals surface area contributed by atoms with Crippen molar-refractivity contribution < 1.29 is 18.1 Å². The van der Waals surface area contributed by atoms with Crippen LogP contribution in [0.5, 0.6) is 11.5 Å². The van der Waals surface area contributed by atoms with Crippen LogP contribution in [0, 0.1) is 0 Å². The fourth-order valence-corrected chi connectivity index (χ4v) is 6.49. The zero-order valence-corrected chi connectivity index (χ0v) is 27.4. The second kappa shape index (κ2) is 22.8. The molecule has 0 amide bonds. The van der Waals surface area contributed by atoms with Gasteiger partial charge in [-0.05, 0) is 55.4 Å². The van der Waals surface area contributed by atoms with Crippen LogP contribution in [0.1, 0.15) is 147 Å². The molecule has 0 aromatic heterocycles. The maximum Gasteiger partial charge on any atom is 0.587 e. The Kier molecular flexibility index (Phi) is 19.7. The van der Waals surface area contributed by atoms with Crippen molar-refractivity contribution >= 4 is 7.82 Å². The maximum atomic E-state index is 14.2. The number of aryl methyl sites for hydroxylation is 2. The molecule has 0 N–H and O–H groups in total. The lowest BCUT2D eigenvalue weighted by atomic mass is 10.0. The van der Waals surface area contributed by atoms with Crippen LogP contribution in [0.25, 0.3) is 0 Å². The van der Waals surface area contributed by atoms with Crippen molar-refractivity contribution in [3.63, 3.8) is 0 Å². The fourth-order valence-electron chi connectivity index (χ4n) is 5.16. The monoisotopic (exact) mass is 586 g/mol. The lowest BCUT2D eigenvalue weighted by molar-refractivity contribution is 0.204. The highest BCUT2D eigenvalue weighted by molar-refractivity contribution is 7.49. The van der Waals surface area contributed by atoms with E-state index >= 15 is 0 Å². The molecule has 2 rings (SSSR count). The summed E-state index contributed by atoms with van der Waals surface area (Å²) in [5, 5.41) is 0. The highest BCUT2D eigenvalue weighted by Crippen LogP contribution is 2.51. The lowest BCUT2D eigenvalue weighted by Crippen LogP contribution is -2.08. The number of phosphoric ester groups is 1. The van der Waals surface area contributed by atoms with Gasteiger partial charge in [-0.15, -0.1) is 0 Å². The van der Waals surface area contributed by atoms with Crippen LogP contribution >= 0.6 is 7.82 Å². The molecular formula is C36H59O4P. The molecular weight excluding hydrogens is 527 g/mol. The van der Waals surface area contributed by atoms with Crippen LogP contribution in [-0.2, 0) is 21.9 Å². The molecule has 0 aliphatic rings. The normalized spacial score (nSPS) is 11.6. The molecule has 5 heteroatoms. The number of hydrogen-bond donors (Lipinski definition) is 0. The van der Waals surface area contributed by atoms with E-state index in [9.17, 15) is 4.57 Å². The van der Waals surface area contributed by atoms with E-state index in [0.717, 1.165) is 49.7 Å². The Balaban J connectivity index is 2.09. The fraction of sp³-hybridized carbons (Fsp3) is 0.667. The first-order valence-corrected chi connectivity index (χ1v) is 18.4. The molecule has 0 atom stereocenters. The molecule has 0 aliphatic heterocycles. The molecule has 41 heavy (non-hydrogen) atoms. The minimum Gasteiger partial charge on any atom is -0.395 e. The third-order valence-corrected chi connectivity index (χ3v) is 9.05. The van der Waals surface area contributed by atoms with E-state index in [-0.39, 0.29) is 0 Å². The minimum atomic E-state index is -3.89. The van der Waals surface area contributed by atoms with Gasteiger partial charge in [-0.2, -0.15) is 0 Å². The summed E-state index contributed by atoms with van der Waals surface area (Å²) in [6.07, 6.45) is 23.4. The van der Waals surface area contributed by atoms with Crippen LogP contribution < -0.4 is 9.05 Å². The SMILES string of the molecule is CCCCCCCCOP(=O)(Oc1ccccc1CCCCCCCC)Oc1ccccc1CCCCCCCC. The predicted molar refractivity (Wildman–Crippen MR) is 175 cm³/mol. The van der Waals surface area contributed by atoms with Crippen molar-refractivity contribution in [3.05, 3.63) is 59.7 Å². The van der Waals surface area contributed by atoms with Crippen molar-refractivity contribution in [1.29, 1.82) is 0 Å². The zero-order chi connectivity index (χ0) is 29.4. The molecule has 2 aromatic carbocycles. The van der Waals surface area contributed by atoms with E-state index in [1.807, 2.05) is 36.4 Å². The largest absolute Gasteiger partial charge is 0.587 e. The molecule has 4 nitrogen and oxygen atoms in total. The Bertz CT molecular complexity index is 895. The van der Waals surface area contributed by atoms with Crippen LogP contribution in [0.15, 0.2) is 48.5 Å². The summed E-state index contributed by atoms with van der Waals surface area (Å²) in [4.78, 5) is 0.